The number of rotatable bonds is 7. The van der Waals surface area contributed by atoms with Crippen LogP contribution in [0.4, 0.5) is 4.39 Å². The highest BCUT2D eigenvalue weighted by Crippen LogP contribution is 2.21. The van der Waals surface area contributed by atoms with E-state index in [0.717, 1.165) is 28.9 Å². The van der Waals surface area contributed by atoms with Crippen LogP contribution in [0.1, 0.15) is 38.4 Å². The Bertz CT molecular complexity index is 838. The summed E-state index contributed by atoms with van der Waals surface area (Å²) in [6.07, 6.45) is 1.03. The van der Waals surface area contributed by atoms with Crippen molar-refractivity contribution < 1.29 is 4.39 Å². The van der Waals surface area contributed by atoms with Crippen molar-refractivity contribution in [1.82, 2.24) is 20.3 Å². The molecule has 26 heavy (non-hydrogen) atoms. The minimum absolute atomic E-state index is 0.0364. The van der Waals surface area contributed by atoms with Gasteiger partial charge in [-0.25, -0.2) is 4.39 Å². The van der Waals surface area contributed by atoms with Crippen molar-refractivity contribution in [1.29, 1.82) is 0 Å². The molecule has 136 valence electrons. The molecule has 0 spiro atoms. The number of halogens is 1. The number of nitrogens with one attached hydrogen (secondary N) is 1. The van der Waals surface area contributed by atoms with Gasteiger partial charge in [-0.2, -0.15) is 15.0 Å². The summed E-state index contributed by atoms with van der Waals surface area (Å²) in [7, 11) is 0. The summed E-state index contributed by atoms with van der Waals surface area (Å²) < 4.78 is 13.1. The first kappa shape index (κ1) is 18.3. The van der Waals surface area contributed by atoms with E-state index in [1.165, 1.54) is 12.1 Å². The Morgan fingerprint density at radius 1 is 1.00 bits per heavy atom. The lowest BCUT2D eigenvalue weighted by Crippen LogP contribution is -2.38. The fourth-order valence-corrected chi connectivity index (χ4v) is 2.59. The fourth-order valence-electron chi connectivity index (χ4n) is 2.59. The monoisotopic (exact) mass is 352 g/mol. The van der Waals surface area contributed by atoms with Crippen molar-refractivity contribution in [3.05, 3.63) is 71.7 Å². The Morgan fingerprint density at radius 3 is 2.35 bits per heavy atom. The van der Waals surface area contributed by atoms with Crippen LogP contribution in [0, 0.1) is 5.82 Å². The van der Waals surface area contributed by atoms with E-state index in [0.29, 0.717) is 13.1 Å². The molecule has 2 aromatic carbocycles. The van der Waals surface area contributed by atoms with Gasteiger partial charge >= 0.3 is 0 Å². The molecule has 0 saturated heterocycles. The van der Waals surface area contributed by atoms with Crippen LogP contribution in [0.25, 0.3) is 11.3 Å². The molecule has 0 unspecified atom stereocenters. The fraction of sp³-hybridized carbons (Fsp3) is 0.333. The third-order valence-corrected chi connectivity index (χ3v) is 4.63. The summed E-state index contributed by atoms with van der Waals surface area (Å²) in [6, 6.07) is 16.5. The summed E-state index contributed by atoms with van der Waals surface area (Å²) in [6.45, 7) is 7.68. The zero-order valence-corrected chi connectivity index (χ0v) is 15.5. The molecule has 3 aromatic rings. The van der Waals surface area contributed by atoms with Gasteiger partial charge in [0, 0.05) is 17.6 Å². The standard InChI is InChI=1S/C21H25FN4/c1-4-21(2,3)23-14-19-20(17-8-6-5-7-9-17)25-26(24-19)15-16-10-12-18(22)13-11-16/h5-13,23H,4,14-15H2,1-3H3. The van der Waals surface area contributed by atoms with Crippen LogP contribution >= 0.6 is 0 Å². The second-order valence-electron chi connectivity index (χ2n) is 7.11. The number of benzene rings is 2. The van der Waals surface area contributed by atoms with Crippen molar-refractivity contribution >= 4 is 0 Å². The van der Waals surface area contributed by atoms with Gasteiger partial charge < -0.3 is 5.32 Å². The molecule has 0 bridgehead atoms. The topological polar surface area (TPSA) is 42.7 Å². The average Bonchev–Trinajstić information content (AvgIpc) is 3.06. The Labute approximate surface area is 154 Å². The zero-order chi connectivity index (χ0) is 18.6. The molecule has 0 aliphatic carbocycles. The second kappa shape index (κ2) is 7.79. The largest absolute Gasteiger partial charge is 0.306 e. The minimum atomic E-state index is -0.237. The van der Waals surface area contributed by atoms with Crippen LogP contribution in [0.5, 0.6) is 0 Å². The van der Waals surface area contributed by atoms with Gasteiger partial charge in [0.25, 0.3) is 0 Å². The zero-order valence-electron chi connectivity index (χ0n) is 15.5. The Balaban J connectivity index is 1.88. The molecule has 1 heterocycles. The molecule has 0 amide bonds. The highest BCUT2D eigenvalue weighted by atomic mass is 19.1. The van der Waals surface area contributed by atoms with Crippen molar-refractivity contribution in [2.75, 3.05) is 0 Å². The van der Waals surface area contributed by atoms with Crippen molar-refractivity contribution in [3.63, 3.8) is 0 Å². The summed E-state index contributed by atoms with van der Waals surface area (Å²) >= 11 is 0. The Hall–Kier alpha value is -2.53. The maximum Gasteiger partial charge on any atom is 0.123 e. The van der Waals surface area contributed by atoms with Crippen molar-refractivity contribution in [2.45, 2.75) is 45.8 Å². The van der Waals surface area contributed by atoms with Gasteiger partial charge in [-0.15, -0.1) is 0 Å². The molecular formula is C21H25FN4. The molecular weight excluding hydrogens is 327 g/mol. The van der Waals surface area contributed by atoms with E-state index in [2.05, 4.69) is 26.1 Å². The van der Waals surface area contributed by atoms with Crippen LogP contribution in [-0.2, 0) is 13.1 Å². The lowest BCUT2D eigenvalue weighted by atomic mass is 10.0. The van der Waals surface area contributed by atoms with E-state index in [9.17, 15) is 4.39 Å². The van der Waals surface area contributed by atoms with Crippen LogP contribution < -0.4 is 5.32 Å². The predicted molar refractivity (Wildman–Crippen MR) is 102 cm³/mol. The lowest BCUT2D eigenvalue weighted by Gasteiger charge is -2.24. The summed E-state index contributed by atoms with van der Waals surface area (Å²) in [4.78, 5) is 1.69. The highest BCUT2D eigenvalue weighted by Gasteiger charge is 2.18. The summed E-state index contributed by atoms with van der Waals surface area (Å²) in [5.74, 6) is -0.237. The molecule has 5 heteroatoms. The Morgan fingerprint density at radius 2 is 1.69 bits per heavy atom. The van der Waals surface area contributed by atoms with Gasteiger partial charge in [-0.3, -0.25) is 0 Å². The molecule has 1 N–H and O–H groups in total. The molecule has 0 saturated carbocycles. The van der Waals surface area contributed by atoms with E-state index in [1.807, 2.05) is 30.3 Å². The van der Waals surface area contributed by atoms with Gasteiger partial charge in [0.05, 0.1) is 6.54 Å². The third-order valence-electron chi connectivity index (χ3n) is 4.63. The molecule has 3 rings (SSSR count). The highest BCUT2D eigenvalue weighted by molar-refractivity contribution is 5.60. The molecule has 0 radical (unpaired) electrons. The smallest absolute Gasteiger partial charge is 0.123 e. The van der Waals surface area contributed by atoms with E-state index in [-0.39, 0.29) is 11.4 Å². The minimum Gasteiger partial charge on any atom is -0.306 e. The predicted octanol–water partition coefficient (Wildman–Crippen LogP) is 4.41. The van der Waals surface area contributed by atoms with Gasteiger partial charge in [0.1, 0.15) is 17.2 Å². The third kappa shape index (κ3) is 4.55. The molecule has 1 aromatic heterocycles. The summed E-state index contributed by atoms with van der Waals surface area (Å²) in [5, 5.41) is 12.9. The summed E-state index contributed by atoms with van der Waals surface area (Å²) in [5.41, 5.74) is 3.85. The molecule has 0 aliphatic heterocycles. The molecule has 0 atom stereocenters. The van der Waals surface area contributed by atoms with Crippen LogP contribution in [-0.4, -0.2) is 20.5 Å². The Kier molecular flexibility index (Phi) is 5.47. The lowest BCUT2D eigenvalue weighted by molar-refractivity contribution is 0.371. The van der Waals surface area contributed by atoms with Gasteiger partial charge in [-0.1, -0.05) is 49.4 Å². The average molecular weight is 352 g/mol. The van der Waals surface area contributed by atoms with Crippen LogP contribution in [0.2, 0.25) is 0 Å². The second-order valence-corrected chi connectivity index (χ2v) is 7.11. The van der Waals surface area contributed by atoms with Crippen LogP contribution in [0.15, 0.2) is 54.6 Å². The molecule has 0 aliphatic rings. The van der Waals surface area contributed by atoms with E-state index >= 15 is 0 Å². The van der Waals surface area contributed by atoms with Gasteiger partial charge in [-0.05, 0) is 38.0 Å². The number of hydrogen-bond acceptors (Lipinski definition) is 3. The SMILES string of the molecule is CCC(C)(C)NCc1nn(Cc2ccc(F)cc2)nc1-c1ccccc1. The first-order valence-electron chi connectivity index (χ1n) is 8.96. The maximum absolute atomic E-state index is 13.1. The van der Waals surface area contributed by atoms with E-state index < -0.39 is 0 Å². The van der Waals surface area contributed by atoms with Crippen molar-refractivity contribution in [2.24, 2.45) is 0 Å². The number of hydrogen-bond donors (Lipinski definition) is 1. The number of aromatic nitrogens is 3. The normalized spacial score (nSPS) is 11.7. The molecule has 4 nitrogen and oxygen atoms in total. The quantitative estimate of drug-likeness (QED) is 0.685. The van der Waals surface area contributed by atoms with Crippen LogP contribution in [0.3, 0.4) is 0 Å². The first-order valence-corrected chi connectivity index (χ1v) is 8.96. The van der Waals surface area contributed by atoms with Gasteiger partial charge in [0.15, 0.2) is 0 Å². The first-order chi connectivity index (χ1) is 12.5. The van der Waals surface area contributed by atoms with Gasteiger partial charge in [0.2, 0.25) is 0 Å². The van der Waals surface area contributed by atoms with E-state index in [1.54, 1.807) is 16.9 Å². The molecule has 0 fully saturated rings. The van der Waals surface area contributed by atoms with Crippen molar-refractivity contribution in [3.8, 4) is 11.3 Å². The maximum atomic E-state index is 13.1. The van der Waals surface area contributed by atoms with E-state index in [4.69, 9.17) is 10.2 Å². The number of nitrogens with zero attached hydrogens (tertiary/aromatic N) is 3.